The third-order valence-electron chi connectivity index (χ3n) is 5.72. The van der Waals surface area contributed by atoms with Crippen molar-refractivity contribution in [2.24, 2.45) is 0 Å². The number of ether oxygens (including phenoxy) is 1. The highest BCUT2D eigenvalue weighted by Crippen LogP contribution is 2.20. The highest BCUT2D eigenvalue weighted by atomic mass is 32.2. The number of hydrogen-bond acceptors (Lipinski definition) is 8. The van der Waals surface area contributed by atoms with E-state index in [0.29, 0.717) is 19.7 Å². The molecule has 0 saturated heterocycles. The molecular formula is C31H36N6O2S2. The van der Waals surface area contributed by atoms with Gasteiger partial charge in [-0.15, -0.1) is 10.2 Å². The third kappa shape index (κ3) is 11.5. The van der Waals surface area contributed by atoms with Gasteiger partial charge in [0.05, 0.1) is 44.3 Å². The summed E-state index contributed by atoms with van der Waals surface area (Å²) >= 11 is 3.34. The lowest BCUT2D eigenvalue weighted by Crippen LogP contribution is -2.18. The van der Waals surface area contributed by atoms with Gasteiger partial charge in [-0.3, -0.25) is 0 Å². The molecule has 2 atom stereocenters. The Bertz CT molecular complexity index is 1400. The van der Waals surface area contributed by atoms with E-state index < -0.39 is 6.10 Å². The molecule has 5 rings (SSSR count). The SMILES string of the molecule is C[C@@H](O)Cn1ncc(SCc2ccccc2)n1.C[C@H](Cn1ncc(SCc2ccccc2)n1)OCc1ccccc1. The number of thioether (sulfide) groups is 2. The Hall–Kier alpha value is -3.44. The van der Waals surface area contributed by atoms with E-state index in [4.69, 9.17) is 4.74 Å². The summed E-state index contributed by atoms with van der Waals surface area (Å²) in [5, 5.41) is 28.2. The molecule has 41 heavy (non-hydrogen) atoms. The highest BCUT2D eigenvalue weighted by Gasteiger charge is 2.08. The summed E-state index contributed by atoms with van der Waals surface area (Å²) in [6.45, 7) is 5.47. The van der Waals surface area contributed by atoms with Gasteiger partial charge in [0.2, 0.25) is 0 Å². The van der Waals surface area contributed by atoms with Gasteiger partial charge in [-0.05, 0) is 30.5 Å². The Kier molecular flexibility index (Phi) is 12.5. The molecule has 0 saturated carbocycles. The van der Waals surface area contributed by atoms with Gasteiger partial charge in [0.25, 0.3) is 0 Å². The van der Waals surface area contributed by atoms with Gasteiger partial charge < -0.3 is 9.84 Å². The summed E-state index contributed by atoms with van der Waals surface area (Å²) in [6.07, 6.45) is 3.19. The molecule has 0 unspecified atom stereocenters. The second kappa shape index (κ2) is 16.7. The zero-order valence-electron chi connectivity index (χ0n) is 23.4. The van der Waals surface area contributed by atoms with Crippen LogP contribution in [-0.2, 0) is 35.9 Å². The molecule has 10 heteroatoms. The van der Waals surface area contributed by atoms with Crippen molar-refractivity contribution in [1.29, 1.82) is 0 Å². The Morgan fingerprint density at radius 2 is 1.10 bits per heavy atom. The van der Waals surface area contributed by atoms with Gasteiger partial charge in [0, 0.05) is 11.5 Å². The highest BCUT2D eigenvalue weighted by molar-refractivity contribution is 7.98. The Morgan fingerprint density at radius 1 is 0.659 bits per heavy atom. The molecule has 0 fully saturated rings. The van der Waals surface area contributed by atoms with Gasteiger partial charge in [0.1, 0.15) is 10.1 Å². The van der Waals surface area contributed by atoms with Crippen LogP contribution in [0.15, 0.2) is 113 Å². The quantitative estimate of drug-likeness (QED) is 0.164. The molecule has 2 aromatic heterocycles. The zero-order valence-corrected chi connectivity index (χ0v) is 25.0. The fourth-order valence-corrected chi connectivity index (χ4v) is 5.23. The smallest absolute Gasteiger partial charge is 0.139 e. The number of hydrogen-bond donors (Lipinski definition) is 1. The second-order valence-electron chi connectivity index (χ2n) is 9.48. The minimum atomic E-state index is -0.422. The third-order valence-corrected chi connectivity index (χ3v) is 7.64. The summed E-state index contributed by atoms with van der Waals surface area (Å²) in [6, 6.07) is 30.8. The van der Waals surface area contributed by atoms with Crippen LogP contribution in [-0.4, -0.2) is 47.3 Å². The lowest BCUT2D eigenvalue weighted by Gasteiger charge is -2.12. The molecule has 0 aliphatic heterocycles. The van der Waals surface area contributed by atoms with Gasteiger partial charge >= 0.3 is 0 Å². The van der Waals surface area contributed by atoms with Crippen molar-refractivity contribution in [2.75, 3.05) is 0 Å². The van der Waals surface area contributed by atoms with E-state index in [0.717, 1.165) is 21.6 Å². The van der Waals surface area contributed by atoms with E-state index in [9.17, 15) is 5.11 Å². The Labute approximate surface area is 250 Å². The van der Waals surface area contributed by atoms with Gasteiger partial charge in [-0.1, -0.05) is 115 Å². The summed E-state index contributed by atoms with van der Waals surface area (Å²) in [4.78, 5) is 3.24. The number of benzene rings is 3. The normalized spacial score (nSPS) is 12.4. The number of nitrogens with zero attached hydrogens (tertiary/aromatic N) is 6. The van der Waals surface area contributed by atoms with Crippen molar-refractivity contribution in [1.82, 2.24) is 30.0 Å². The van der Waals surface area contributed by atoms with Crippen LogP contribution in [0, 0.1) is 0 Å². The number of aliphatic hydroxyl groups is 1. The van der Waals surface area contributed by atoms with Crippen LogP contribution >= 0.6 is 23.5 Å². The molecule has 2 heterocycles. The molecule has 1 N–H and O–H groups in total. The fraction of sp³-hybridized carbons (Fsp3) is 0.290. The maximum atomic E-state index is 9.22. The maximum Gasteiger partial charge on any atom is 0.139 e. The zero-order chi connectivity index (χ0) is 28.7. The van der Waals surface area contributed by atoms with E-state index in [1.54, 1.807) is 41.4 Å². The molecule has 0 aliphatic carbocycles. The minimum Gasteiger partial charge on any atom is -0.391 e. The molecule has 5 aromatic rings. The predicted octanol–water partition coefficient (Wildman–Crippen LogP) is 6.13. The van der Waals surface area contributed by atoms with Crippen LogP contribution in [0.2, 0.25) is 0 Å². The Morgan fingerprint density at radius 3 is 1.56 bits per heavy atom. The maximum absolute atomic E-state index is 9.22. The van der Waals surface area contributed by atoms with Gasteiger partial charge in [-0.25, -0.2) is 0 Å². The number of rotatable bonds is 13. The first-order valence-electron chi connectivity index (χ1n) is 13.5. The van der Waals surface area contributed by atoms with E-state index >= 15 is 0 Å². The first kappa shape index (κ1) is 30.5. The average Bonchev–Trinajstić information content (AvgIpc) is 3.64. The first-order chi connectivity index (χ1) is 20.0. The van der Waals surface area contributed by atoms with Gasteiger partial charge in [-0.2, -0.15) is 19.8 Å². The van der Waals surface area contributed by atoms with E-state index in [1.807, 2.05) is 55.6 Å². The van der Waals surface area contributed by atoms with Crippen molar-refractivity contribution in [3.63, 3.8) is 0 Å². The van der Waals surface area contributed by atoms with Crippen LogP contribution in [0.25, 0.3) is 0 Å². The lowest BCUT2D eigenvalue weighted by molar-refractivity contribution is 0.0366. The molecule has 0 aliphatic rings. The molecule has 8 nitrogen and oxygen atoms in total. The summed E-state index contributed by atoms with van der Waals surface area (Å²) in [5.74, 6) is 1.79. The average molecular weight is 589 g/mol. The van der Waals surface area contributed by atoms with Crippen LogP contribution in [0.4, 0.5) is 0 Å². The summed E-state index contributed by atoms with van der Waals surface area (Å²) in [7, 11) is 0. The molecular weight excluding hydrogens is 553 g/mol. The first-order valence-corrected chi connectivity index (χ1v) is 15.5. The van der Waals surface area contributed by atoms with Crippen molar-refractivity contribution >= 4 is 23.5 Å². The molecule has 0 spiro atoms. The predicted molar refractivity (Wildman–Crippen MR) is 164 cm³/mol. The van der Waals surface area contributed by atoms with E-state index in [-0.39, 0.29) is 6.10 Å². The van der Waals surface area contributed by atoms with E-state index in [2.05, 4.69) is 68.9 Å². The van der Waals surface area contributed by atoms with Crippen molar-refractivity contribution in [3.8, 4) is 0 Å². The van der Waals surface area contributed by atoms with Crippen molar-refractivity contribution in [2.45, 2.75) is 67.3 Å². The monoisotopic (exact) mass is 588 g/mol. The molecule has 3 aromatic carbocycles. The topological polar surface area (TPSA) is 90.9 Å². The molecule has 0 radical (unpaired) electrons. The van der Waals surface area contributed by atoms with Crippen LogP contribution < -0.4 is 0 Å². The summed E-state index contributed by atoms with van der Waals surface area (Å²) < 4.78 is 5.86. The van der Waals surface area contributed by atoms with E-state index in [1.165, 1.54) is 21.5 Å². The largest absolute Gasteiger partial charge is 0.391 e. The number of aliphatic hydroxyl groups excluding tert-OH is 1. The second-order valence-corrected chi connectivity index (χ2v) is 11.5. The number of aromatic nitrogens is 6. The minimum absolute atomic E-state index is 0.0598. The van der Waals surface area contributed by atoms with Crippen molar-refractivity contribution in [3.05, 3.63) is 120 Å². The van der Waals surface area contributed by atoms with Crippen molar-refractivity contribution < 1.29 is 9.84 Å². The lowest BCUT2D eigenvalue weighted by atomic mass is 10.2. The fourth-order valence-electron chi connectivity index (χ4n) is 3.67. The van der Waals surface area contributed by atoms with Gasteiger partial charge in [0.15, 0.2) is 0 Å². The summed E-state index contributed by atoms with van der Waals surface area (Å²) in [5.41, 5.74) is 3.73. The standard InChI is InChI=1S/C19H21N3OS.C12H15N3OS/c1-16(23-14-17-8-4-2-5-9-17)13-22-20-12-19(21-22)24-15-18-10-6-3-7-11-18;1-10(16)8-15-13-7-12(14-15)17-9-11-5-3-2-4-6-11/h2-12,16H,13-15H2,1H3;2-7,10,16H,8-9H2,1H3/t16-;10-/m11/s1. The van der Waals surface area contributed by atoms with Crippen LogP contribution in [0.1, 0.15) is 30.5 Å². The Balaban J connectivity index is 0.000000201. The molecule has 214 valence electrons. The van der Waals surface area contributed by atoms with Crippen LogP contribution in [0.3, 0.4) is 0 Å². The molecule has 0 bridgehead atoms. The molecule has 0 amide bonds. The van der Waals surface area contributed by atoms with Crippen LogP contribution in [0.5, 0.6) is 0 Å².